The summed E-state index contributed by atoms with van der Waals surface area (Å²) in [5, 5.41) is 0. The highest BCUT2D eigenvalue weighted by Gasteiger charge is 2.31. The van der Waals surface area contributed by atoms with Gasteiger partial charge < -0.3 is 9.47 Å². The molecule has 2 nitrogen and oxygen atoms in total. The van der Waals surface area contributed by atoms with Crippen molar-refractivity contribution in [3.05, 3.63) is 59.2 Å². The molecule has 0 amide bonds. The molecule has 1 aliphatic carbocycles. The smallest absolute Gasteiger partial charge is 0.162 e. The van der Waals surface area contributed by atoms with Crippen LogP contribution >= 0.6 is 0 Å². The summed E-state index contributed by atoms with van der Waals surface area (Å²) < 4.78 is 11.7. The molecule has 1 aliphatic rings. The molecule has 2 atom stereocenters. The SMILES string of the molecule is COc1ccc(C)cc1OC1c2ccccc2C[C@H]1C. The zero-order valence-electron chi connectivity index (χ0n) is 12.2. The van der Waals surface area contributed by atoms with E-state index in [0.29, 0.717) is 5.92 Å². The summed E-state index contributed by atoms with van der Waals surface area (Å²) in [4.78, 5) is 0. The van der Waals surface area contributed by atoms with Crippen molar-refractivity contribution in [2.75, 3.05) is 7.11 Å². The predicted molar refractivity (Wildman–Crippen MR) is 80.4 cm³/mol. The predicted octanol–water partition coefficient (Wildman–Crippen LogP) is 4.32. The number of benzene rings is 2. The molecule has 0 radical (unpaired) electrons. The quantitative estimate of drug-likeness (QED) is 0.825. The van der Waals surface area contributed by atoms with E-state index in [0.717, 1.165) is 17.9 Å². The summed E-state index contributed by atoms with van der Waals surface area (Å²) in [6.07, 6.45) is 1.19. The van der Waals surface area contributed by atoms with Gasteiger partial charge in [0.1, 0.15) is 6.10 Å². The Balaban J connectivity index is 1.94. The van der Waals surface area contributed by atoms with Gasteiger partial charge >= 0.3 is 0 Å². The highest BCUT2D eigenvalue weighted by Crippen LogP contribution is 2.41. The van der Waals surface area contributed by atoms with E-state index in [9.17, 15) is 0 Å². The summed E-state index contributed by atoms with van der Waals surface area (Å²) in [6, 6.07) is 14.6. The van der Waals surface area contributed by atoms with Gasteiger partial charge in [-0.05, 0) is 42.2 Å². The topological polar surface area (TPSA) is 18.5 Å². The average Bonchev–Trinajstić information content (AvgIpc) is 2.76. The maximum absolute atomic E-state index is 6.29. The van der Waals surface area contributed by atoms with Gasteiger partial charge in [0.15, 0.2) is 11.5 Å². The van der Waals surface area contributed by atoms with Gasteiger partial charge in [-0.15, -0.1) is 0 Å². The van der Waals surface area contributed by atoms with Crippen molar-refractivity contribution in [2.45, 2.75) is 26.4 Å². The van der Waals surface area contributed by atoms with Crippen LogP contribution in [0.15, 0.2) is 42.5 Å². The minimum absolute atomic E-state index is 0.113. The summed E-state index contributed by atoms with van der Waals surface area (Å²) in [5.74, 6) is 2.12. The standard InChI is InChI=1S/C18H20O2/c1-12-8-9-16(19-3)17(10-12)20-18-13(2)11-14-6-4-5-7-15(14)18/h4-10,13,18H,11H2,1-3H3/t13-,18?/m1/s1. The van der Waals surface area contributed by atoms with E-state index >= 15 is 0 Å². The lowest BCUT2D eigenvalue weighted by atomic mass is 10.1. The molecule has 0 saturated heterocycles. The minimum Gasteiger partial charge on any atom is -0.493 e. The Kier molecular flexibility index (Phi) is 3.39. The zero-order valence-corrected chi connectivity index (χ0v) is 12.2. The molecular formula is C18H20O2. The van der Waals surface area contributed by atoms with Gasteiger partial charge in [0.05, 0.1) is 7.11 Å². The molecule has 0 aliphatic heterocycles. The van der Waals surface area contributed by atoms with Crippen LogP contribution in [0.4, 0.5) is 0 Å². The van der Waals surface area contributed by atoms with E-state index in [-0.39, 0.29) is 6.10 Å². The van der Waals surface area contributed by atoms with E-state index in [1.807, 2.05) is 18.2 Å². The largest absolute Gasteiger partial charge is 0.493 e. The van der Waals surface area contributed by atoms with E-state index in [1.165, 1.54) is 16.7 Å². The van der Waals surface area contributed by atoms with Crippen LogP contribution in [-0.4, -0.2) is 7.11 Å². The number of rotatable bonds is 3. The minimum atomic E-state index is 0.113. The molecule has 0 fully saturated rings. The molecule has 0 aromatic heterocycles. The summed E-state index contributed by atoms with van der Waals surface area (Å²) >= 11 is 0. The van der Waals surface area contributed by atoms with Gasteiger partial charge in [0.25, 0.3) is 0 Å². The first-order valence-electron chi connectivity index (χ1n) is 7.08. The number of methoxy groups -OCH3 is 1. The Morgan fingerprint density at radius 1 is 1.05 bits per heavy atom. The van der Waals surface area contributed by atoms with Gasteiger partial charge in [-0.2, -0.15) is 0 Å². The van der Waals surface area contributed by atoms with Crippen molar-refractivity contribution < 1.29 is 9.47 Å². The molecule has 0 N–H and O–H groups in total. The van der Waals surface area contributed by atoms with E-state index in [4.69, 9.17) is 9.47 Å². The number of fused-ring (bicyclic) bond motifs is 1. The fourth-order valence-corrected chi connectivity index (χ4v) is 2.95. The van der Waals surface area contributed by atoms with Gasteiger partial charge in [-0.1, -0.05) is 37.3 Å². The molecule has 3 rings (SSSR count). The molecule has 2 aromatic rings. The molecule has 20 heavy (non-hydrogen) atoms. The average molecular weight is 268 g/mol. The van der Waals surface area contributed by atoms with Crippen molar-refractivity contribution in [1.29, 1.82) is 0 Å². The van der Waals surface area contributed by atoms with Crippen LogP contribution in [0.1, 0.15) is 29.7 Å². The first kappa shape index (κ1) is 13.0. The second kappa shape index (κ2) is 5.20. The Bertz CT molecular complexity index is 619. The van der Waals surface area contributed by atoms with Gasteiger partial charge in [-0.3, -0.25) is 0 Å². The highest BCUT2D eigenvalue weighted by molar-refractivity contribution is 5.44. The van der Waals surface area contributed by atoms with Crippen molar-refractivity contribution in [3.63, 3.8) is 0 Å². The summed E-state index contributed by atoms with van der Waals surface area (Å²) in [5.41, 5.74) is 3.89. The Hall–Kier alpha value is -1.96. The van der Waals surface area contributed by atoms with Crippen molar-refractivity contribution >= 4 is 0 Å². The third-order valence-electron chi connectivity index (χ3n) is 3.99. The number of hydrogen-bond acceptors (Lipinski definition) is 2. The van der Waals surface area contributed by atoms with Crippen molar-refractivity contribution in [1.82, 2.24) is 0 Å². The van der Waals surface area contributed by atoms with Crippen LogP contribution in [0.25, 0.3) is 0 Å². The lowest BCUT2D eigenvalue weighted by molar-refractivity contribution is 0.153. The van der Waals surface area contributed by atoms with Crippen LogP contribution in [-0.2, 0) is 6.42 Å². The number of ether oxygens (including phenoxy) is 2. The molecule has 0 heterocycles. The maximum Gasteiger partial charge on any atom is 0.162 e. The van der Waals surface area contributed by atoms with Gasteiger partial charge in [0.2, 0.25) is 0 Å². The number of aryl methyl sites for hydroxylation is 1. The van der Waals surface area contributed by atoms with Crippen LogP contribution in [0.3, 0.4) is 0 Å². The Morgan fingerprint density at radius 2 is 1.85 bits per heavy atom. The fraction of sp³-hybridized carbons (Fsp3) is 0.333. The molecule has 104 valence electrons. The highest BCUT2D eigenvalue weighted by atomic mass is 16.5. The fourth-order valence-electron chi connectivity index (χ4n) is 2.95. The van der Waals surface area contributed by atoms with Crippen LogP contribution in [0, 0.1) is 12.8 Å². The summed E-state index contributed by atoms with van der Waals surface area (Å²) in [6.45, 7) is 4.31. The monoisotopic (exact) mass is 268 g/mol. The lowest BCUT2D eigenvalue weighted by Crippen LogP contribution is -2.12. The molecule has 0 saturated carbocycles. The Morgan fingerprint density at radius 3 is 2.65 bits per heavy atom. The molecule has 2 aromatic carbocycles. The second-order valence-electron chi connectivity index (χ2n) is 5.57. The van der Waals surface area contributed by atoms with Crippen LogP contribution < -0.4 is 9.47 Å². The Labute approximate surface area is 120 Å². The van der Waals surface area contributed by atoms with E-state index in [1.54, 1.807) is 7.11 Å². The number of hydrogen-bond donors (Lipinski definition) is 0. The van der Waals surface area contributed by atoms with Crippen LogP contribution in [0.5, 0.6) is 11.5 Å². The normalized spacial score (nSPS) is 20.6. The second-order valence-corrected chi connectivity index (χ2v) is 5.57. The van der Waals surface area contributed by atoms with Crippen LogP contribution in [0.2, 0.25) is 0 Å². The maximum atomic E-state index is 6.29. The van der Waals surface area contributed by atoms with Crippen molar-refractivity contribution in [2.24, 2.45) is 5.92 Å². The first-order chi connectivity index (χ1) is 9.69. The third kappa shape index (κ3) is 2.26. The molecule has 0 spiro atoms. The van der Waals surface area contributed by atoms with Crippen molar-refractivity contribution in [3.8, 4) is 11.5 Å². The zero-order chi connectivity index (χ0) is 14.1. The van der Waals surface area contributed by atoms with Gasteiger partial charge in [-0.25, -0.2) is 0 Å². The van der Waals surface area contributed by atoms with E-state index in [2.05, 4.69) is 38.1 Å². The lowest BCUT2D eigenvalue weighted by Gasteiger charge is -2.21. The third-order valence-corrected chi connectivity index (χ3v) is 3.99. The molecule has 0 bridgehead atoms. The van der Waals surface area contributed by atoms with Gasteiger partial charge in [0, 0.05) is 5.92 Å². The molecular weight excluding hydrogens is 248 g/mol. The van der Waals surface area contributed by atoms with E-state index < -0.39 is 0 Å². The molecule has 1 unspecified atom stereocenters. The first-order valence-corrected chi connectivity index (χ1v) is 7.08. The molecule has 2 heteroatoms. The summed E-state index contributed by atoms with van der Waals surface area (Å²) in [7, 11) is 1.68.